The highest BCUT2D eigenvalue weighted by Gasteiger charge is 1.99. The maximum absolute atomic E-state index is 7.30. The molecule has 0 bridgehead atoms. The number of nitrogens with two attached hydrogens (primary N) is 1. The lowest BCUT2D eigenvalue weighted by molar-refractivity contribution is 0.531. The minimum Gasteiger partial charge on any atom is -0.469 e. The molecular formula is C8H13N5O. The molecule has 0 aliphatic heterocycles. The van der Waals surface area contributed by atoms with Crippen LogP contribution in [0, 0.1) is 17.7 Å². The summed E-state index contributed by atoms with van der Waals surface area (Å²) in [5.74, 6) is 0.565. The Morgan fingerprint density at radius 3 is 2.79 bits per heavy atom. The van der Waals surface area contributed by atoms with E-state index in [1.165, 1.54) is 0 Å². The molecule has 0 aromatic carbocycles. The Morgan fingerprint density at radius 1 is 1.57 bits per heavy atom. The highest BCUT2D eigenvalue weighted by molar-refractivity contribution is 5.94. The summed E-state index contributed by atoms with van der Waals surface area (Å²) in [6.45, 7) is 2.32. The molecule has 1 rings (SSSR count). The van der Waals surface area contributed by atoms with Crippen molar-refractivity contribution in [1.29, 1.82) is 10.8 Å². The summed E-state index contributed by atoms with van der Waals surface area (Å²) in [7, 11) is 0. The molecule has 6 N–H and O–H groups in total. The van der Waals surface area contributed by atoms with Crippen LogP contribution in [0.4, 0.5) is 0 Å². The normalized spacial score (nSPS) is 9.50. The van der Waals surface area contributed by atoms with E-state index in [1.54, 1.807) is 6.26 Å². The van der Waals surface area contributed by atoms with Gasteiger partial charge in [0.05, 0.1) is 6.26 Å². The minimum atomic E-state index is -0.258. The third-order valence-corrected chi connectivity index (χ3v) is 1.51. The van der Waals surface area contributed by atoms with Crippen LogP contribution in [0.3, 0.4) is 0 Å². The quantitative estimate of drug-likeness (QED) is 0.340. The van der Waals surface area contributed by atoms with Crippen molar-refractivity contribution in [3.8, 4) is 0 Å². The van der Waals surface area contributed by atoms with Crippen LogP contribution < -0.4 is 16.4 Å². The molecule has 0 aliphatic carbocycles. The van der Waals surface area contributed by atoms with Crippen LogP contribution in [-0.4, -0.2) is 11.9 Å². The monoisotopic (exact) mass is 195 g/mol. The van der Waals surface area contributed by atoms with Crippen LogP contribution in [0.25, 0.3) is 0 Å². The summed E-state index contributed by atoms with van der Waals surface area (Å²) >= 11 is 0. The van der Waals surface area contributed by atoms with Gasteiger partial charge in [-0.25, -0.2) is 0 Å². The molecule has 0 aliphatic rings. The predicted molar refractivity (Wildman–Crippen MR) is 53.1 cm³/mol. The summed E-state index contributed by atoms with van der Waals surface area (Å²) in [5, 5.41) is 19.2. The second kappa shape index (κ2) is 4.31. The summed E-state index contributed by atoms with van der Waals surface area (Å²) < 4.78 is 5.08. The fraction of sp³-hybridized carbons (Fsp3) is 0.250. The van der Waals surface area contributed by atoms with Gasteiger partial charge in [-0.1, -0.05) is 0 Å². The lowest BCUT2D eigenvalue weighted by Crippen LogP contribution is -2.42. The summed E-state index contributed by atoms with van der Waals surface area (Å²) in [5.41, 5.74) is 5.98. The number of hydrogen-bond acceptors (Lipinski definition) is 3. The molecule has 0 amide bonds. The minimum absolute atomic E-state index is 0.00338. The van der Waals surface area contributed by atoms with Crippen LogP contribution in [0.5, 0.6) is 0 Å². The molecule has 6 nitrogen and oxygen atoms in total. The second-order valence-corrected chi connectivity index (χ2v) is 2.83. The van der Waals surface area contributed by atoms with Crippen molar-refractivity contribution in [3.63, 3.8) is 0 Å². The van der Waals surface area contributed by atoms with Gasteiger partial charge < -0.3 is 15.5 Å². The van der Waals surface area contributed by atoms with Gasteiger partial charge in [0.2, 0.25) is 0 Å². The van der Waals surface area contributed by atoms with Gasteiger partial charge >= 0.3 is 0 Å². The van der Waals surface area contributed by atoms with Crippen molar-refractivity contribution in [3.05, 3.63) is 23.7 Å². The Hall–Kier alpha value is -1.98. The van der Waals surface area contributed by atoms with Crippen LogP contribution >= 0.6 is 0 Å². The Bertz CT molecular complexity index is 343. The Balaban J connectivity index is 2.34. The fourth-order valence-electron chi connectivity index (χ4n) is 0.960. The molecule has 0 saturated carbocycles. The number of aryl methyl sites for hydroxylation is 1. The highest BCUT2D eigenvalue weighted by atomic mass is 16.3. The molecule has 0 fully saturated rings. The van der Waals surface area contributed by atoms with Gasteiger partial charge in [-0.2, -0.15) is 0 Å². The number of rotatable bonds is 2. The fourth-order valence-corrected chi connectivity index (χ4v) is 0.960. The number of guanidine groups is 2. The van der Waals surface area contributed by atoms with Crippen molar-refractivity contribution in [2.24, 2.45) is 5.73 Å². The Labute approximate surface area is 81.5 Å². The van der Waals surface area contributed by atoms with Crippen LogP contribution in [-0.2, 0) is 6.54 Å². The van der Waals surface area contributed by atoms with E-state index in [1.807, 2.05) is 13.0 Å². The second-order valence-electron chi connectivity index (χ2n) is 2.83. The molecule has 76 valence electrons. The van der Waals surface area contributed by atoms with Gasteiger partial charge in [-0.3, -0.25) is 16.1 Å². The smallest absolute Gasteiger partial charge is 0.195 e. The first-order valence-electron chi connectivity index (χ1n) is 4.05. The molecule has 0 unspecified atom stereocenters. The average Bonchev–Trinajstić information content (AvgIpc) is 2.47. The molecular weight excluding hydrogens is 182 g/mol. The lowest BCUT2D eigenvalue weighted by Gasteiger charge is -2.06. The van der Waals surface area contributed by atoms with Gasteiger partial charge in [0, 0.05) is 12.1 Å². The molecule has 14 heavy (non-hydrogen) atoms. The van der Waals surface area contributed by atoms with E-state index in [-0.39, 0.29) is 11.9 Å². The Morgan fingerprint density at radius 2 is 2.29 bits per heavy atom. The zero-order valence-electron chi connectivity index (χ0n) is 7.85. The van der Waals surface area contributed by atoms with E-state index in [0.29, 0.717) is 6.54 Å². The lowest BCUT2D eigenvalue weighted by atomic mass is 10.3. The van der Waals surface area contributed by atoms with Crippen LogP contribution in [0.2, 0.25) is 0 Å². The first-order valence-corrected chi connectivity index (χ1v) is 4.05. The zero-order chi connectivity index (χ0) is 10.6. The number of furan rings is 1. The molecule has 0 saturated heterocycles. The van der Waals surface area contributed by atoms with Crippen molar-refractivity contribution >= 4 is 11.9 Å². The third kappa shape index (κ3) is 3.18. The molecule has 1 aromatic rings. The molecule has 1 aromatic heterocycles. The topological polar surface area (TPSA) is 111 Å². The maximum atomic E-state index is 7.30. The van der Waals surface area contributed by atoms with E-state index in [2.05, 4.69) is 10.6 Å². The summed E-state index contributed by atoms with van der Waals surface area (Å²) in [6, 6.07) is 1.87. The van der Waals surface area contributed by atoms with Crippen molar-refractivity contribution in [2.45, 2.75) is 13.5 Å². The first-order chi connectivity index (χ1) is 6.58. The van der Waals surface area contributed by atoms with Crippen molar-refractivity contribution in [2.75, 3.05) is 0 Å². The largest absolute Gasteiger partial charge is 0.469 e. The predicted octanol–water partition coefficient (Wildman–Crippen LogP) is 0.0955. The van der Waals surface area contributed by atoms with E-state index >= 15 is 0 Å². The maximum Gasteiger partial charge on any atom is 0.195 e. The van der Waals surface area contributed by atoms with E-state index < -0.39 is 0 Å². The van der Waals surface area contributed by atoms with Gasteiger partial charge in [-0.05, 0) is 13.0 Å². The van der Waals surface area contributed by atoms with E-state index in [0.717, 1.165) is 11.3 Å². The molecule has 1 heterocycles. The van der Waals surface area contributed by atoms with Crippen LogP contribution in [0.1, 0.15) is 11.3 Å². The van der Waals surface area contributed by atoms with E-state index in [9.17, 15) is 0 Å². The SMILES string of the molecule is Cc1cc(CNC(=N)NC(=N)N)co1. The first kappa shape index (κ1) is 10.1. The Kier molecular flexibility index (Phi) is 3.11. The van der Waals surface area contributed by atoms with Gasteiger partial charge in [-0.15, -0.1) is 0 Å². The summed E-state index contributed by atoms with van der Waals surface area (Å²) in [4.78, 5) is 0. The van der Waals surface area contributed by atoms with Gasteiger partial charge in [0.1, 0.15) is 5.76 Å². The molecule has 6 heteroatoms. The third-order valence-electron chi connectivity index (χ3n) is 1.51. The molecule has 0 radical (unpaired) electrons. The highest BCUT2D eigenvalue weighted by Crippen LogP contribution is 2.04. The standard InChI is InChI=1S/C8H13N5O/c1-5-2-6(4-14-5)3-12-8(11)13-7(9)10/h2,4H,3H2,1H3,(H6,9,10,11,12,13). The van der Waals surface area contributed by atoms with Crippen LogP contribution in [0.15, 0.2) is 16.7 Å². The molecule has 0 spiro atoms. The van der Waals surface area contributed by atoms with Crippen molar-refractivity contribution in [1.82, 2.24) is 10.6 Å². The average molecular weight is 195 g/mol. The zero-order valence-corrected chi connectivity index (χ0v) is 7.85. The van der Waals surface area contributed by atoms with Gasteiger partial charge in [0.15, 0.2) is 11.9 Å². The van der Waals surface area contributed by atoms with Gasteiger partial charge in [0.25, 0.3) is 0 Å². The molecule has 0 atom stereocenters. The van der Waals surface area contributed by atoms with Crippen molar-refractivity contribution < 1.29 is 4.42 Å². The summed E-state index contributed by atoms with van der Waals surface area (Å²) in [6.07, 6.45) is 1.61. The van der Waals surface area contributed by atoms with E-state index in [4.69, 9.17) is 21.0 Å². The number of hydrogen-bond donors (Lipinski definition) is 5. The number of nitrogens with one attached hydrogen (secondary N) is 4.